The molecule has 2 aromatic rings. The first-order valence-electron chi connectivity index (χ1n) is 8.09. The number of amides is 1. The fraction of sp³-hybridized carbons (Fsp3) is 0.333. The van der Waals surface area contributed by atoms with Gasteiger partial charge in [-0.3, -0.25) is 9.78 Å². The molecule has 1 aromatic heterocycles. The van der Waals surface area contributed by atoms with Gasteiger partial charge in [0, 0.05) is 32.0 Å². The Balaban J connectivity index is 1.80. The highest BCUT2D eigenvalue weighted by atomic mass is 32.2. The Morgan fingerprint density at radius 3 is 2.48 bits per heavy atom. The molecule has 0 radical (unpaired) electrons. The van der Waals surface area contributed by atoms with Gasteiger partial charge in [-0.2, -0.15) is 0 Å². The van der Waals surface area contributed by atoms with Gasteiger partial charge in [-0.05, 0) is 24.6 Å². The lowest BCUT2D eigenvalue weighted by Crippen LogP contribution is -2.33. The van der Waals surface area contributed by atoms with Gasteiger partial charge < -0.3 is 9.80 Å². The van der Waals surface area contributed by atoms with Crippen molar-refractivity contribution in [2.24, 2.45) is 0 Å². The van der Waals surface area contributed by atoms with E-state index in [1.165, 1.54) is 6.20 Å². The summed E-state index contributed by atoms with van der Waals surface area (Å²) in [6, 6.07) is 11.1. The van der Waals surface area contributed by atoms with E-state index in [0.29, 0.717) is 12.0 Å². The first-order valence-corrected chi connectivity index (χ1v) is 9.91. The predicted molar refractivity (Wildman–Crippen MR) is 98.9 cm³/mol. The summed E-state index contributed by atoms with van der Waals surface area (Å²) >= 11 is 0. The minimum atomic E-state index is -2.96. The summed E-state index contributed by atoms with van der Waals surface area (Å²) in [5.74, 6) is 0.198. The number of benzene rings is 1. The van der Waals surface area contributed by atoms with E-state index in [0.717, 1.165) is 11.4 Å². The van der Waals surface area contributed by atoms with E-state index < -0.39 is 9.84 Å². The molecule has 132 valence electrons. The summed E-state index contributed by atoms with van der Waals surface area (Å²) in [4.78, 5) is 20.4. The number of sulfone groups is 1. The Bertz CT molecular complexity index is 868. The van der Waals surface area contributed by atoms with Gasteiger partial charge in [-0.25, -0.2) is 8.42 Å². The number of hydrogen-bond donors (Lipinski definition) is 0. The smallest absolute Gasteiger partial charge is 0.259 e. The van der Waals surface area contributed by atoms with Crippen molar-refractivity contribution in [3.05, 3.63) is 54.4 Å². The van der Waals surface area contributed by atoms with E-state index in [1.807, 2.05) is 42.3 Å². The van der Waals surface area contributed by atoms with Crippen molar-refractivity contribution in [1.82, 2.24) is 4.98 Å². The monoisotopic (exact) mass is 359 g/mol. The van der Waals surface area contributed by atoms with Crippen LogP contribution in [0.1, 0.15) is 16.8 Å². The molecular formula is C18H21N3O3S. The van der Waals surface area contributed by atoms with Crippen molar-refractivity contribution in [2.75, 3.05) is 35.4 Å². The Morgan fingerprint density at radius 2 is 1.84 bits per heavy atom. The first-order chi connectivity index (χ1) is 11.9. The largest absolute Gasteiger partial charge is 0.369 e. The molecule has 6 nitrogen and oxygen atoms in total. The van der Waals surface area contributed by atoms with Crippen LogP contribution in [-0.4, -0.2) is 51.0 Å². The number of para-hydroxylation sites is 1. The average Bonchev–Trinajstić information content (AvgIpc) is 3.00. The number of hydrogen-bond acceptors (Lipinski definition) is 5. The topological polar surface area (TPSA) is 70.6 Å². The molecule has 0 saturated carbocycles. The van der Waals surface area contributed by atoms with Crippen LogP contribution >= 0.6 is 0 Å². The standard InChI is InChI=1S/C18H21N3O3S/c1-20(16-8-9-25(23,24)13-16)17-10-14(11-19-12-17)18(22)21(2)15-6-4-3-5-7-15/h3-7,10-12,16H,8-9,13H2,1-2H3. The number of pyridine rings is 1. The van der Waals surface area contributed by atoms with E-state index in [4.69, 9.17) is 0 Å². The second-order valence-electron chi connectivity index (χ2n) is 6.30. The Morgan fingerprint density at radius 1 is 1.12 bits per heavy atom. The molecule has 1 aliphatic heterocycles. The molecule has 7 heteroatoms. The Kier molecular flexibility index (Phi) is 4.76. The van der Waals surface area contributed by atoms with Gasteiger partial charge in [0.05, 0.1) is 29.0 Å². The van der Waals surface area contributed by atoms with Crippen LogP contribution in [0.4, 0.5) is 11.4 Å². The molecule has 0 bridgehead atoms. The molecule has 1 aliphatic rings. The highest BCUT2D eigenvalue weighted by molar-refractivity contribution is 7.91. The number of rotatable bonds is 4. The fourth-order valence-corrected chi connectivity index (χ4v) is 4.77. The zero-order chi connectivity index (χ0) is 18.0. The minimum absolute atomic E-state index is 0.0796. The minimum Gasteiger partial charge on any atom is -0.369 e. The van der Waals surface area contributed by atoms with E-state index in [1.54, 1.807) is 24.2 Å². The molecule has 2 heterocycles. The van der Waals surface area contributed by atoms with Gasteiger partial charge in [-0.1, -0.05) is 18.2 Å². The van der Waals surface area contributed by atoms with Crippen molar-refractivity contribution in [2.45, 2.75) is 12.5 Å². The molecular weight excluding hydrogens is 338 g/mol. The van der Waals surface area contributed by atoms with Crippen molar-refractivity contribution in [1.29, 1.82) is 0 Å². The maximum atomic E-state index is 12.7. The summed E-state index contributed by atoms with van der Waals surface area (Å²) in [6.45, 7) is 0. The molecule has 25 heavy (non-hydrogen) atoms. The Hall–Kier alpha value is -2.41. The lowest BCUT2D eigenvalue weighted by Gasteiger charge is -2.26. The molecule has 1 unspecified atom stereocenters. The molecule has 0 N–H and O–H groups in total. The summed E-state index contributed by atoms with van der Waals surface area (Å²) in [5.41, 5.74) is 2.01. The fourth-order valence-electron chi connectivity index (χ4n) is 2.99. The SMILES string of the molecule is CN(C(=O)c1cncc(N(C)C2CCS(=O)(=O)C2)c1)c1ccccc1. The molecule has 1 atom stereocenters. The van der Waals surface area contributed by atoms with Crippen molar-refractivity contribution in [3.8, 4) is 0 Å². The van der Waals surface area contributed by atoms with Gasteiger partial charge in [0.25, 0.3) is 5.91 Å². The van der Waals surface area contributed by atoms with Crippen molar-refractivity contribution < 1.29 is 13.2 Å². The van der Waals surface area contributed by atoms with Crippen LogP contribution in [0.15, 0.2) is 48.8 Å². The summed E-state index contributed by atoms with van der Waals surface area (Å²) in [6.07, 6.45) is 3.79. The molecule has 1 fully saturated rings. The number of nitrogens with zero attached hydrogens (tertiary/aromatic N) is 3. The molecule has 3 rings (SSSR count). The van der Waals surface area contributed by atoms with Crippen LogP contribution in [0, 0.1) is 0 Å². The summed E-state index contributed by atoms with van der Waals surface area (Å²) < 4.78 is 23.4. The highest BCUT2D eigenvalue weighted by Gasteiger charge is 2.31. The Labute approximate surface area is 148 Å². The quantitative estimate of drug-likeness (QED) is 0.835. The number of aromatic nitrogens is 1. The zero-order valence-corrected chi connectivity index (χ0v) is 15.1. The second kappa shape index (κ2) is 6.84. The molecule has 0 aliphatic carbocycles. The molecule has 1 amide bonds. The van der Waals surface area contributed by atoms with Crippen LogP contribution in [0.25, 0.3) is 0 Å². The maximum absolute atomic E-state index is 12.7. The van der Waals surface area contributed by atoms with E-state index >= 15 is 0 Å². The van der Waals surface area contributed by atoms with E-state index in [9.17, 15) is 13.2 Å². The van der Waals surface area contributed by atoms with Gasteiger partial charge in [0.1, 0.15) is 0 Å². The van der Waals surface area contributed by atoms with Crippen LogP contribution in [0.3, 0.4) is 0 Å². The number of carbonyl (C=O) groups excluding carboxylic acids is 1. The normalized spacial score (nSPS) is 18.7. The average molecular weight is 359 g/mol. The van der Waals surface area contributed by atoms with E-state index in [2.05, 4.69) is 4.98 Å². The first kappa shape index (κ1) is 17.4. The third kappa shape index (κ3) is 3.82. The zero-order valence-electron chi connectivity index (χ0n) is 14.3. The number of anilines is 2. The van der Waals surface area contributed by atoms with Crippen LogP contribution in [0.5, 0.6) is 0 Å². The van der Waals surface area contributed by atoms with Gasteiger partial charge in [0.2, 0.25) is 0 Å². The van der Waals surface area contributed by atoms with Crippen LogP contribution in [0.2, 0.25) is 0 Å². The maximum Gasteiger partial charge on any atom is 0.259 e. The van der Waals surface area contributed by atoms with Crippen molar-refractivity contribution in [3.63, 3.8) is 0 Å². The molecule has 0 spiro atoms. The second-order valence-corrected chi connectivity index (χ2v) is 8.53. The summed E-state index contributed by atoms with van der Waals surface area (Å²) in [7, 11) is 0.603. The van der Waals surface area contributed by atoms with Crippen molar-refractivity contribution >= 4 is 27.1 Å². The summed E-state index contributed by atoms with van der Waals surface area (Å²) in [5, 5.41) is 0. The third-order valence-corrected chi connectivity index (χ3v) is 6.33. The van der Waals surface area contributed by atoms with E-state index in [-0.39, 0.29) is 23.5 Å². The molecule has 1 aromatic carbocycles. The third-order valence-electron chi connectivity index (χ3n) is 4.58. The molecule has 1 saturated heterocycles. The van der Waals surface area contributed by atoms with Crippen LogP contribution in [-0.2, 0) is 9.84 Å². The lowest BCUT2D eigenvalue weighted by atomic mass is 10.1. The lowest BCUT2D eigenvalue weighted by molar-refractivity contribution is 0.0992. The van der Waals surface area contributed by atoms with Crippen LogP contribution < -0.4 is 9.80 Å². The van der Waals surface area contributed by atoms with Gasteiger partial charge in [0.15, 0.2) is 9.84 Å². The predicted octanol–water partition coefficient (Wildman–Crippen LogP) is 1.98. The number of carbonyl (C=O) groups is 1. The van der Waals surface area contributed by atoms with Gasteiger partial charge >= 0.3 is 0 Å². The van der Waals surface area contributed by atoms with Gasteiger partial charge in [-0.15, -0.1) is 0 Å². The highest BCUT2D eigenvalue weighted by Crippen LogP contribution is 2.24.